The molecule has 0 aromatic heterocycles. The van der Waals surface area contributed by atoms with Gasteiger partial charge in [0.1, 0.15) is 0 Å². The molecule has 0 bridgehead atoms. The molecule has 1 heterocycles. The maximum Gasteiger partial charge on any atom is 0.335 e. The van der Waals surface area contributed by atoms with Crippen LogP contribution < -0.4 is 5.32 Å². The monoisotopic (exact) mass is 346 g/mol. The Labute approximate surface area is 148 Å². The Kier molecular flexibility index (Phi) is 6.56. The normalized spacial score (nSPS) is 20.2. The van der Waals surface area contributed by atoms with Crippen LogP contribution >= 0.6 is 0 Å². The number of rotatable bonds is 6. The van der Waals surface area contributed by atoms with E-state index in [1.54, 1.807) is 4.90 Å². The number of nitrogens with zero attached hydrogens (tertiary/aromatic N) is 1. The molecule has 2 unspecified atom stereocenters. The third-order valence-electron chi connectivity index (χ3n) is 4.72. The molecule has 25 heavy (non-hydrogen) atoms. The highest BCUT2D eigenvalue weighted by atomic mass is 16.4. The summed E-state index contributed by atoms with van der Waals surface area (Å²) < 4.78 is 0. The largest absolute Gasteiger partial charge is 0.478 e. The van der Waals surface area contributed by atoms with Crippen LogP contribution in [0.5, 0.6) is 0 Å². The molecule has 1 aromatic carbocycles. The van der Waals surface area contributed by atoms with Crippen LogP contribution in [0.25, 0.3) is 0 Å². The number of unbranched alkanes of at least 4 members (excludes halogenated alkanes) is 1. The molecule has 1 fully saturated rings. The Morgan fingerprint density at radius 1 is 1.16 bits per heavy atom. The van der Waals surface area contributed by atoms with E-state index in [1.807, 2.05) is 6.92 Å². The summed E-state index contributed by atoms with van der Waals surface area (Å²) in [5.41, 5.74) is 0.598. The third-order valence-corrected chi connectivity index (χ3v) is 4.72. The lowest BCUT2D eigenvalue weighted by molar-refractivity contribution is -0.126. The van der Waals surface area contributed by atoms with Crippen LogP contribution in [0.4, 0.5) is 0 Å². The summed E-state index contributed by atoms with van der Waals surface area (Å²) in [4.78, 5) is 37.7. The van der Waals surface area contributed by atoms with Crippen LogP contribution in [0, 0.1) is 5.92 Å². The van der Waals surface area contributed by atoms with E-state index in [4.69, 9.17) is 5.11 Å². The number of likely N-dealkylation sites (tertiary alicyclic amines) is 1. The SMILES string of the molecule is CCCCNC(=O)C1CCC(C)N(C(=O)c2ccc(C(=O)O)cc2)C1. The lowest BCUT2D eigenvalue weighted by Crippen LogP contribution is -2.49. The van der Waals surface area contributed by atoms with Crippen molar-refractivity contribution < 1.29 is 19.5 Å². The summed E-state index contributed by atoms with van der Waals surface area (Å²) in [5, 5.41) is 11.9. The highest BCUT2D eigenvalue weighted by molar-refractivity contribution is 5.96. The zero-order chi connectivity index (χ0) is 18.4. The fourth-order valence-electron chi connectivity index (χ4n) is 3.06. The Bertz CT molecular complexity index is 627. The highest BCUT2D eigenvalue weighted by Crippen LogP contribution is 2.24. The van der Waals surface area contributed by atoms with Gasteiger partial charge in [0.25, 0.3) is 5.91 Å². The van der Waals surface area contributed by atoms with Crippen molar-refractivity contribution in [2.24, 2.45) is 5.92 Å². The van der Waals surface area contributed by atoms with Crippen molar-refractivity contribution in [2.45, 2.75) is 45.6 Å². The number of hydrogen-bond donors (Lipinski definition) is 2. The second-order valence-electron chi connectivity index (χ2n) is 6.61. The zero-order valence-corrected chi connectivity index (χ0v) is 14.8. The Morgan fingerprint density at radius 3 is 2.40 bits per heavy atom. The molecule has 1 aromatic rings. The quantitative estimate of drug-likeness (QED) is 0.775. The van der Waals surface area contributed by atoms with E-state index in [-0.39, 0.29) is 29.3 Å². The summed E-state index contributed by atoms with van der Waals surface area (Å²) in [7, 11) is 0. The van der Waals surface area contributed by atoms with Crippen molar-refractivity contribution in [3.63, 3.8) is 0 Å². The fourth-order valence-corrected chi connectivity index (χ4v) is 3.06. The van der Waals surface area contributed by atoms with Crippen molar-refractivity contribution >= 4 is 17.8 Å². The lowest BCUT2D eigenvalue weighted by atomic mass is 9.92. The van der Waals surface area contributed by atoms with E-state index >= 15 is 0 Å². The number of nitrogens with one attached hydrogen (secondary N) is 1. The molecular weight excluding hydrogens is 320 g/mol. The highest BCUT2D eigenvalue weighted by Gasteiger charge is 2.32. The molecule has 136 valence electrons. The second-order valence-corrected chi connectivity index (χ2v) is 6.61. The van der Waals surface area contributed by atoms with Gasteiger partial charge in [0, 0.05) is 24.7 Å². The molecule has 1 aliphatic rings. The van der Waals surface area contributed by atoms with Crippen molar-refractivity contribution in [1.29, 1.82) is 0 Å². The predicted molar refractivity (Wildman–Crippen MR) is 94.5 cm³/mol. The summed E-state index contributed by atoms with van der Waals surface area (Å²) >= 11 is 0. The first-order valence-corrected chi connectivity index (χ1v) is 8.86. The minimum absolute atomic E-state index is 0.0133. The Morgan fingerprint density at radius 2 is 1.80 bits per heavy atom. The van der Waals surface area contributed by atoms with Gasteiger partial charge in [-0.1, -0.05) is 13.3 Å². The van der Waals surface area contributed by atoms with Crippen LogP contribution in [0.2, 0.25) is 0 Å². The molecule has 0 aliphatic carbocycles. The van der Waals surface area contributed by atoms with Gasteiger partial charge in [0.05, 0.1) is 11.5 Å². The molecule has 2 rings (SSSR count). The molecule has 2 atom stereocenters. The minimum atomic E-state index is -1.02. The summed E-state index contributed by atoms with van der Waals surface area (Å²) in [6.45, 7) is 5.13. The number of carbonyl (C=O) groups is 3. The molecule has 0 spiro atoms. The van der Waals surface area contributed by atoms with E-state index < -0.39 is 5.97 Å². The fraction of sp³-hybridized carbons (Fsp3) is 0.526. The van der Waals surface area contributed by atoms with Gasteiger partial charge in [-0.05, 0) is 50.5 Å². The van der Waals surface area contributed by atoms with Crippen molar-refractivity contribution in [3.8, 4) is 0 Å². The van der Waals surface area contributed by atoms with E-state index in [0.717, 1.165) is 25.7 Å². The number of benzene rings is 1. The first kappa shape index (κ1) is 19.0. The van der Waals surface area contributed by atoms with Crippen LogP contribution in [-0.2, 0) is 4.79 Å². The molecule has 0 saturated carbocycles. The number of hydrogen-bond acceptors (Lipinski definition) is 3. The van der Waals surface area contributed by atoms with Gasteiger partial charge in [-0.2, -0.15) is 0 Å². The molecule has 2 amide bonds. The zero-order valence-electron chi connectivity index (χ0n) is 14.8. The van der Waals surface area contributed by atoms with E-state index in [2.05, 4.69) is 12.2 Å². The maximum atomic E-state index is 12.8. The number of aromatic carboxylic acids is 1. The van der Waals surface area contributed by atoms with Gasteiger partial charge in [-0.15, -0.1) is 0 Å². The molecule has 0 radical (unpaired) electrons. The molecule has 1 aliphatic heterocycles. The standard InChI is InChI=1S/C19H26N2O4/c1-3-4-11-20-17(22)16-6-5-13(2)21(12-16)18(23)14-7-9-15(10-8-14)19(24)25/h7-10,13,16H,3-6,11-12H2,1-2H3,(H,20,22)(H,24,25). The number of amides is 2. The van der Waals surface area contributed by atoms with Crippen LogP contribution in [0.3, 0.4) is 0 Å². The smallest absolute Gasteiger partial charge is 0.335 e. The lowest BCUT2D eigenvalue weighted by Gasteiger charge is -2.37. The van der Waals surface area contributed by atoms with Gasteiger partial charge in [-0.3, -0.25) is 9.59 Å². The molecule has 2 N–H and O–H groups in total. The summed E-state index contributed by atoms with van der Waals surface area (Å²) in [6.07, 6.45) is 3.54. The minimum Gasteiger partial charge on any atom is -0.478 e. The summed E-state index contributed by atoms with van der Waals surface area (Å²) in [5.74, 6) is -1.35. The predicted octanol–water partition coefficient (Wildman–Crippen LogP) is 2.54. The van der Waals surface area contributed by atoms with Gasteiger partial charge < -0.3 is 15.3 Å². The number of carbonyl (C=O) groups excluding carboxylic acids is 2. The van der Waals surface area contributed by atoms with E-state index in [9.17, 15) is 14.4 Å². The van der Waals surface area contributed by atoms with Crippen LogP contribution in [-0.4, -0.2) is 46.9 Å². The van der Waals surface area contributed by atoms with Gasteiger partial charge in [-0.25, -0.2) is 4.79 Å². The average molecular weight is 346 g/mol. The number of carboxylic acids is 1. The van der Waals surface area contributed by atoms with Crippen LogP contribution in [0.15, 0.2) is 24.3 Å². The Hall–Kier alpha value is -2.37. The van der Waals surface area contributed by atoms with Crippen molar-refractivity contribution in [2.75, 3.05) is 13.1 Å². The van der Waals surface area contributed by atoms with Gasteiger partial charge in [0.2, 0.25) is 5.91 Å². The molecule has 6 nitrogen and oxygen atoms in total. The third kappa shape index (κ3) is 4.81. The number of carboxylic acid groups (broad SMARTS) is 1. The van der Waals surface area contributed by atoms with Gasteiger partial charge >= 0.3 is 5.97 Å². The topological polar surface area (TPSA) is 86.7 Å². The van der Waals surface area contributed by atoms with E-state index in [1.165, 1.54) is 24.3 Å². The van der Waals surface area contributed by atoms with Crippen molar-refractivity contribution in [1.82, 2.24) is 10.2 Å². The molecule has 6 heteroatoms. The molecule has 1 saturated heterocycles. The number of piperidine rings is 1. The maximum absolute atomic E-state index is 12.8. The second kappa shape index (κ2) is 8.65. The summed E-state index contributed by atoms with van der Waals surface area (Å²) in [6, 6.07) is 5.98. The average Bonchev–Trinajstić information content (AvgIpc) is 2.61. The Balaban J connectivity index is 2.04. The van der Waals surface area contributed by atoms with E-state index in [0.29, 0.717) is 18.7 Å². The first-order valence-electron chi connectivity index (χ1n) is 8.86. The van der Waals surface area contributed by atoms with Crippen molar-refractivity contribution in [3.05, 3.63) is 35.4 Å². The van der Waals surface area contributed by atoms with Gasteiger partial charge in [0.15, 0.2) is 0 Å². The first-order chi connectivity index (χ1) is 11.9. The molecular formula is C19H26N2O4. The van der Waals surface area contributed by atoms with Crippen LogP contribution in [0.1, 0.15) is 60.2 Å².